The molecule has 10 heteroatoms. The van der Waals surface area contributed by atoms with E-state index in [1.165, 1.54) is 0 Å². The smallest absolute Gasteiger partial charge is 0.393 e. The molecule has 0 aromatic rings. The van der Waals surface area contributed by atoms with Crippen LogP contribution in [0, 0.1) is 0 Å². The third-order valence-corrected chi connectivity index (χ3v) is 2.14. The predicted molar refractivity (Wildman–Crippen MR) is 64.1 cm³/mol. The molecule has 6 N–H and O–H groups in total. The van der Waals surface area contributed by atoms with E-state index in [1.54, 1.807) is 0 Å². The normalized spacial score (nSPS) is 12.3. The number of hydrogen-bond donors (Lipinski definition) is 5. The van der Waals surface area contributed by atoms with Crippen LogP contribution < -0.4 is 5.90 Å². The minimum Gasteiger partial charge on any atom is -0.393 e. The number of likely N-dealkylation sites (N-methyl/N-ethyl adjacent to an activating group) is 1. The molecule has 0 heterocycles. The van der Waals surface area contributed by atoms with Crippen molar-refractivity contribution in [1.29, 1.82) is 0 Å². The Morgan fingerprint density at radius 1 is 1.22 bits per heavy atom. The molecule has 18 heavy (non-hydrogen) atoms. The molecule has 0 aromatic carbocycles. The molecule has 0 fully saturated rings. The van der Waals surface area contributed by atoms with Gasteiger partial charge in [-0.05, 0) is 0 Å². The van der Waals surface area contributed by atoms with Gasteiger partial charge >= 0.3 is 7.82 Å². The van der Waals surface area contributed by atoms with Gasteiger partial charge < -0.3 is 24.5 Å². The minimum absolute atomic E-state index is 0.0772. The molecule has 0 aromatic heterocycles. The monoisotopic (exact) mass is 291 g/mol. The summed E-state index contributed by atoms with van der Waals surface area (Å²) >= 11 is 0. The second-order valence-electron chi connectivity index (χ2n) is 4.46. The number of phosphoric ester groups is 1. The van der Waals surface area contributed by atoms with Crippen LogP contribution in [0.4, 0.5) is 0 Å². The van der Waals surface area contributed by atoms with Gasteiger partial charge in [0.15, 0.2) is 0 Å². The SMILES string of the molecule is C[N+](C)(C)CCOP(=O)(O)O.NOC(CO)CO. The molecule has 0 rings (SSSR count). The highest BCUT2D eigenvalue weighted by Crippen LogP contribution is 2.35. The molecule has 0 radical (unpaired) electrons. The lowest BCUT2D eigenvalue weighted by atomic mass is 10.4. The quantitative estimate of drug-likeness (QED) is 0.206. The Balaban J connectivity index is 0. The van der Waals surface area contributed by atoms with Crippen LogP contribution in [0.25, 0.3) is 0 Å². The number of phosphoric acid groups is 1. The van der Waals surface area contributed by atoms with Crippen molar-refractivity contribution in [3.05, 3.63) is 0 Å². The van der Waals surface area contributed by atoms with Gasteiger partial charge in [0.2, 0.25) is 0 Å². The first-order valence-electron chi connectivity index (χ1n) is 5.13. The van der Waals surface area contributed by atoms with Gasteiger partial charge in [-0.3, -0.25) is 9.36 Å². The molecule has 0 saturated heterocycles. The summed E-state index contributed by atoms with van der Waals surface area (Å²) < 4.78 is 15.1. The lowest BCUT2D eigenvalue weighted by Gasteiger charge is -2.23. The largest absolute Gasteiger partial charge is 0.469 e. The molecule has 0 amide bonds. The minimum atomic E-state index is -4.26. The summed E-state index contributed by atoms with van der Waals surface area (Å²) in [5.41, 5.74) is 0. The van der Waals surface area contributed by atoms with Crippen molar-refractivity contribution in [1.82, 2.24) is 0 Å². The lowest BCUT2D eigenvalue weighted by molar-refractivity contribution is -0.870. The van der Waals surface area contributed by atoms with Crippen molar-refractivity contribution in [2.24, 2.45) is 5.90 Å². The van der Waals surface area contributed by atoms with Crippen LogP contribution >= 0.6 is 7.82 Å². The lowest BCUT2D eigenvalue weighted by Crippen LogP contribution is -2.37. The molecular formula is C8H24N2O7P+. The van der Waals surface area contributed by atoms with Crippen LogP contribution in [0.2, 0.25) is 0 Å². The Kier molecular flexibility index (Phi) is 11.0. The van der Waals surface area contributed by atoms with Gasteiger partial charge in [0.1, 0.15) is 19.3 Å². The van der Waals surface area contributed by atoms with Crippen molar-refractivity contribution in [3.63, 3.8) is 0 Å². The number of aliphatic hydroxyl groups is 2. The summed E-state index contributed by atoms with van der Waals surface area (Å²) in [5, 5.41) is 16.3. The fourth-order valence-corrected chi connectivity index (χ4v) is 0.897. The highest BCUT2D eigenvalue weighted by Gasteiger charge is 2.15. The van der Waals surface area contributed by atoms with E-state index in [-0.39, 0.29) is 19.8 Å². The maximum atomic E-state index is 10.2. The maximum absolute atomic E-state index is 10.2. The Morgan fingerprint density at radius 2 is 1.67 bits per heavy atom. The van der Waals surface area contributed by atoms with E-state index in [0.29, 0.717) is 11.0 Å². The maximum Gasteiger partial charge on any atom is 0.469 e. The fourth-order valence-electron chi connectivity index (χ4n) is 0.577. The average Bonchev–Trinajstić information content (AvgIpc) is 2.17. The second kappa shape index (κ2) is 9.79. The summed E-state index contributed by atoms with van der Waals surface area (Å²) in [7, 11) is 1.50. The van der Waals surface area contributed by atoms with Crippen LogP contribution in [0.3, 0.4) is 0 Å². The van der Waals surface area contributed by atoms with E-state index >= 15 is 0 Å². The van der Waals surface area contributed by atoms with Gasteiger partial charge in [-0.25, -0.2) is 10.5 Å². The van der Waals surface area contributed by atoms with Crippen LogP contribution in [0.5, 0.6) is 0 Å². The van der Waals surface area contributed by atoms with Gasteiger partial charge in [-0.15, -0.1) is 0 Å². The van der Waals surface area contributed by atoms with Crippen LogP contribution in [0.15, 0.2) is 0 Å². The highest BCUT2D eigenvalue weighted by molar-refractivity contribution is 7.46. The Morgan fingerprint density at radius 3 is 1.83 bits per heavy atom. The number of aliphatic hydroxyl groups excluding tert-OH is 2. The summed E-state index contributed by atoms with van der Waals surface area (Å²) in [6.45, 7) is 0.166. The first-order chi connectivity index (χ1) is 8.05. The van der Waals surface area contributed by atoms with E-state index in [9.17, 15) is 4.57 Å². The van der Waals surface area contributed by atoms with Crippen LogP contribution in [-0.4, -0.2) is 78.1 Å². The summed E-state index contributed by atoms with van der Waals surface area (Å²) in [5.74, 6) is 4.57. The van der Waals surface area contributed by atoms with E-state index in [1.807, 2.05) is 21.1 Å². The molecule has 9 nitrogen and oxygen atoms in total. The molecule has 0 spiro atoms. The molecule has 0 saturated carbocycles. The zero-order valence-corrected chi connectivity index (χ0v) is 11.8. The summed E-state index contributed by atoms with van der Waals surface area (Å²) in [4.78, 5) is 20.6. The zero-order valence-electron chi connectivity index (χ0n) is 10.9. The molecule has 0 aliphatic rings. The number of nitrogens with zero attached hydrogens (tertiary/aromatic N) is 1. The topological polar surface area (TPSA) is 142 Å². The molecule has 0 aliphatic heterocycles. The van der Waals surface area contributed by atoms with Crippen molar-refractivity contribution in [3.8, 4) is 0 Å². The van der Waals surface area contributed by atoms with E-state index in [2.05, 4.69) is 15.3 Å². The van der Waals surface area contributed by atoms with Crippen molar-refractivity contribution in [2.45, 2.75) is 6.10 Å². The van der Waals surface area contributed by atoms with Crippen LogP contribution in [0.1, 0.15) is 0 Å². The van der Waals surface area contributed by atoms with Gasteiger partial charge in [0.25, 0.3) is 0 Å². The molecule has 112 valence electrons. The molecule has 0 bridgehead atoms. The molecular weight excluding hydrogens is 267 g/mol. The van der Waals surface area contributed by atoms with Crippen molar-refractivity contribution < 1.29 is 38.4 Å². The van der Waals surface area contributed by atoms with Crippen molar-refractivity contribution >= 4 is 7.82 Å². The van der Waals surface area contributed by atoms with E-state index in [0.717, 1.165) is 0 Å². The molecule has 0 unspecified atom stereocenters. The first-order valence-corrected chi connectivity index (χ1v) is 6.66. The Labute approximate surface area is 107 Å². The van der Waals surface area contributed by atoms with E-state index < -0.39 is 13.9 Å². The van der Waals surface area contributed by atoms with Gasteiger partial charge in [0.05, 0.1) is 34.4 Å². The van der Waals surface area contributed by atoms with Gasteiger partial charge in [-0.2, -0.15) is 0 Å². The summed E-state index contributed by atoms with van der Waals surface area (Å²) in [6.07, 6.45) is -0.625. The molecule has 0 atom stereocenters. The zero-order chi connectivity index (χ0) is 14.8. The van der Waals surface area contributed by atoms with Gasteiger partial charge in [0, 0.05) is 0 Å². The van der Waals surface area contributed by atoms with Gasteiger partial charge in [-0.1, -0.05) is 0 Å². The van der Waals surface area contributed by atoms with Crippen LogP contribution in [-0.2, 0) is 13.9 Å². The predicted octanol–water partition coefficient (Wildman–Crippen LogP) is -1.97. The Hall–Kier alpha value is -0.0900. The second-order valence-corrected chi connectivity index (χ2v) is 5.70. The third kappa shape index (κ3) is 18.3. The third-order valence-electron chi connectivity index (χ3n) is 1.62. The first kappa shape index (κ1) is 20.2. The van der Waals surface area contributed by atoms with E-state index in [4.69, 9.17) is 20.0 Å². The standard InChI is InChI=1S/C5H14NO4P.C3H9NO3/c1-6(2,3)4-5-10-11(7,8)9;4-7-3(1-5)2-6/h4-5H2,1-3H3,(H-,7,8,9);3,5-6H,1-2,4H2/p+1. The number of nitrogens with two attached hydrogens (primary N) is 1. The average molecular weight is 291 g/mol. The highest BCUT2D eigenvalue weighted by atomic mass is 31.2. The van der Waals surface area contributed by atoms with Crippen molar-refractivity contribution in [2.75, 3.05) is 47.5 Å². The Bertz CT molecular complexity index is 231. The number of quaternary nitrogens is 1. The number of hydrogen-bond acceptors (Lipinski definition) is 6. The fraction of sp³-hybridized carbons (Fsp3) is 1.00. The molecule has 0 aliphatic carbocycles. The number of rotatable bonds is 7. The summed E-state index contributed by atoms with van der Waals surface area (Å²) in [6, 6.07) is 0.